The van der Waals surface area contributed by atoms with E-state index >= 15 is 0 Å². The first kappa shape index (κ1) is 20.8. The van der Waals surface area contributed by atoms with Crippen LogP contribution in [-0.4, -0.2) is 36.7 Å². The van der Waals surface area contributed by atoms with E-state index < -0.39 is 18.5 Å². The quantitative estimate of drug-likeness (QED) is 0.352. The van der Waals surface area contributed by atoms with Crippen molar-refractivity contribution in [3.05, 3.63) is 26.8 Å². The fourth-order valence-corrected chi connectivity index (χ4v) is 2.60. The first-order valence-corrected chi connectivity index (χ1v) is 8.55. The molecule has 0 bridgehead atoms. The molecule has 1 rings (SSSR count). The van der Waals surface area contributed by atoms with Crippen molar-refractivity contribution >= 4 is 40.5 Å². The van der Waals surface area contributed by atoms with Crippen molar-refractivity contribution in [2.24, 2.45) is 0 Å². The number of carboxylic acid groups (broad SMARTS) is 1. The third-order valence-electron chi connectivity index (χ3n) is 3.26. The van der Waals surface area contributed by atoms with Crippen LogP contribution in [0.25, 0.3) is 6.08 Å². The highest BCUT2D eigenvalue weighted by Crippen LogP contribution is 2.34. The van der Waals surface area contributed by atoms with Gasteiger partial charge >= 0.3 is 5.97 Å². The summed E-state index contributed by atoms with van der Waals surface area (Å²) in [6, 6.07) is 5.10. The highest BCUT2D eigenvalue weighted by molar-refractivity contribution is 14.1. The van der Waals surface area contributed by atoms with Gasteiger partial charge in [-0.1, -0.05) is 6.92 Å². The van der Waals surface area contributed by atoms with Crippen LogP contribution in [0.3, 0.4) is 0 Å². The van der Waals surface area contributed by atoms with Gasteiger partial charge in [0.2, 0.25) is 0 Å². The average Bonchev–Trinajstić information content (AvgIpc) is 2.57. The number of ether oxygens (including phenoxy) is 2. The third kappa shape index (κ3) is 6.26. The Morgan fingerprint density at radius 2 is 2.16 bits per heavy atom. The zero-order valence-electron chi connectivity index (χ0n) is 14.1. The molecular formula is C17H19IN2O5. The number of benzene rings is 1. The van der Waals surface area contributed by atoms with E-state index in [0.717, 1.165) is 6.42 Å². The lowest BCUT2D eigenvalue weighted by Crippen LogP contribution is -2.32. The average molecular weight is 458 g/mol. The van der Waals surface area contributed by atoms with Gasteiger partial charge in [-0.05, 0) is 59.7 Å². The van der Waals surface area contributed by atoms with Gasteiger partial charge in [0.1, 0.15) is 11.6 Å². The maximum absolute atomic E-state index is 12.1. The molecule has 134 valence electrons. The summed E-state index contributed by atoms with van der Waals surface area (Å²) < 4.78 is 11.0. The van der Waals surface area contributed by atoms with Crippen LogP contribution < -0.4 is 14.8 Å². The van der Waals surface area contributed by atoms with E-state index in [1.54, 1.807) is 12.1 Å². The molecule has 25 heavy (non-hydrogen) atoms. The predicted molar refractivity (Wildman–Crippen MR) is 100 cm³/mol. The van der Waals surface area contributed by atoms with E-state index in [9.17, 15) is 14.9 Å². The van der Waals surface area contributed by atoms with Gasteiger partial charge in [-0.3, -0.25) is 4.79 Å². The molecule has 0 unspecified atom stereocenters. The normalized spacial score (nSPS) is 12.0. The van der Waals surface area contributed by atoms with Crippen molar-refractivity contribution in [2.45, 2.75) is 26.3 Å². The van der Waals surface area contributed by atoms with Crippen LogP contribution in [0, 0.1) is 14.9 Å². The summed E-state index contributed by atoms with van der Waals surface area (Å²) in [6.45, 7) is 3.29. The number of nitrogens with one attached hydrogen (secondary N) is 1. The van der Waals surface area contributed by atoms with Crippen LogP contribution in [0.2, 0.25) is 0 Å². The zero-order valence-corrected chi connectivity index (χ0v) is 16.3. The molecule has 7 nitrogen and oxygen atoms in total. The number of methoxy groups -OCH3 is 1. The Morgan fingerprint density at radius 1 is 1.48 bits per heavy atom. The molecule has 0 heterocycles. The first-order chi connectivity index (χ1) is 11.8. The second-order valence-electron chi connectivity index (χ2n) is 5.17. The van der Waals surface area contributed by atoms with Gasteiger partial charge < -0.3 is 19.9 Å². The van der Waals surface area contributed by atoms with Crippen LogP contribution in [0.4, 0.5) is 0 Å². The number of nitrogens with zero attached hydrogens (tertiary/aromatic N) is 1. The Hall–Kier alpha value is -2.28. The van der Waals surface area contributed by atoms with E-state index in [-0.39, 0.29) is 11.6 Å². The number of nitriles is 1. The fraction of sp³-hybridized carbons (Fsp3) is 0.353. The maximum Gasteiger partial charge on any atom is 0.341 e. The van der Waals surface area contributed by atoms with Crippen molar-refractivity contribution in [1.29, 1.82) is 5.26 Å². The van der Waals surface area contributed by atoms with E-state index in [1.165, 1.54) is 13.2 Å². The van der Waals surface area contributed by atoms with Crippen LogP contribution in [0.15, 0.2) is 17.7 Å². The topological polar surface area (TPSA) is 109 Å². The highest BCUT2D eigenvalue weighted by atomic mass is 127. The van der Waals surface area contributed by atoms with Gasteiger partial charge in [-0.15, -0.1) is 0 Å². The van der Waals surface area contributed by atoms with Crippen molar-refractivity contribution in [1.82, 2.24) is 5.32 Å². The lowest BCUT2D eigenvalue weighted by Gasteiger charge is -2.13. The van der Waals surface area contributed by atoms with E-state index in [1.807, 2.05) is 42.5 Å². The monoisotopic (exact) mass is 458 g/mol. The highest BCUT2D eigenvalue weighted by Gasteiger charge is 2.15. The molecule has 0 radical (unpaired) electrons. The number of amides is 1. The second kappa shape index (κ2) is 9.88. The van der Waals surface area contributed by atoms with Gasteiger partial charge in [0.15, 0.2) is 18.1 Å². The number of hydrogen-bond acceptors (Lipinski definition) is 5. The van der Waals surface area contributed by atoms with Crippen LogP contribution in [0.5, 0.6) is 11.5 Å². The Morgan fingerprint density at radius 3 is 2.68 bits per heavy atom. The molecule has 1 aromatic rings. The minimum Gasteiger partial charge on any atom is -0.493 e. The van der Waals surface area contributed by atoms with Crippen molar-refractivity contribution in [3.8, 4) is 17.6 Å². The minimum atomic E-state index is -1.10. The molecule has 1 aromatic carbocycles. The molecule has 0 aliphatic rings. The molecule has 8 heteroatoms. The maximum atomic E-state index is 12.1. The Balaban J connectivity index is 3.16. The Bertz CT molecular complexity index is 724. The molecule has 0 aliphatic heterocycles. The van der Waals surface area contributed by atoms with Gasteiger partial charge in [0.25, 0.3) is 5.91 Å². The standard InChI is InChI=1S/C17H19IN2O5/c1-4-10(2)20-17(23)12(8-19)5-11-6-13(18)16(14(7-11)24-3)25-9-15(21)22/h5-7,10H,4,9H2,1-3H3,(H,20,23)(H,21,22)/b12-5+/t10-/m1/s1. The summed E-state index contributed by atoms with van der Waals surface area (Å²) in [5, 5.41) is 20.7. The van der Waals surface area contributed by atoms with E-state index in [0.29, 0.717) is 20.6 Å². The molecule has 0 spiro atoms. The van der Waals surface area contributed by atoms with Crippen LogP contribution in [-0.2, 0) is 9.59 Å². The lowest BCUT2D eigenvalue weighted by atomic mass is 10.1. The molecule has 0 saturated heterocycles. The number of rotatable bonds is 8. The SMILES string of the molecule is CC[C@@H](C)NC(=O)/C(C#N)=C/c1cc(I)c(OCC(=O)O)c(OC)c1. The summed E-state index contributed by atoms with van der Waals surface area (Å²) in [4.78, 5) is 22.8. The molecule has 0 fully saturated rings. The summed E-state index contributed by atoms with van der Waals surface area (Å²) in [7, 11) is 1.42. The molecule has 0 aliphatic carbocycles. The molecule has 1 atom stereocenters. The molecular weight excluding hydrogens is 439 g/mol. The summed E-state index contributed by atoms with van der Waals surface area (Å²) in [5.74, 6) is -0.934. The van der Waals surface area contributed by atoms with Crippen LogP contribution >= 0.6 is 22.6 Å². The van der Waals surface area contributed by atoms with Crippen molar-refractivity contribution in [3.63, 3.8) is 0 Å². The first-order valence-electron chi connectivity index (χ1n) is 7.47. The smallest absolute Gasteiger partial charge is 0.341 e. The van der Waals surface area contributed by atoms with Gasteiger partial charge in [-0.25, -0.2) is 4.79 Å². The largest absolute Gasteiger partial charge is 0.493 e. The number of carbonyl (C=O) groups is 2. The minimum absolute atomic E-state index is 0.0302. The van der Waals surface area contributed by atoms with E-state index in [2.05, 4.69) is 5.32 Å². The fourth-order valence-electron chi connectivity index (χ4n) is 1.82. The van der Waals surface area contributed by atoms with Crippen LogP contribution in [0.1, 0.15) is 25.8 Å². The number of hydrogen-bond donors (Lipinski definition) is 2. The van der Waals surface area contributed by atoms with Crippen molar-refractivity contribution in [2.75, 3.05) is 13.7 Å². The summed E-state index contributed by atoms with van der Waals surface area (Å²) in [6.07, 6.45) is 2.20. The summed E-state index contributed by atoms with van der Waals surface area (Å²) >= 11 is 1.97. The lowest BCUT2D eigenvalue weighted by molar-refractivity contribution is -0.139. The Labute approximate surface area is 159 Å². The molecule has 1 amide bonds. The molecule has 0 aromatic heterocycles. The number of aliphatic carboxylic acids is 1. The third-order valence-corrected chi connectivity index (χ3v) is 4.06. The van der Waals surface area contributed by atoms with Gasteiger partial charge in [-0.2, -0.15) is 5.26 Å². The van der Waals surface area contributed by atoms with Gasteiger partial charge in [0, 0.05) is 6.04 Å². The van der Waals surface area contributed by atoms with Crippen molar-refractivity contribution < 1.29 is 24.2 Å². The van der Waals surface area contributed by atoms with Gasteiger partial charge in [0.05, 0.1) is 10.7 Å². The number of carboxylic acids is 1. The second-order valence-corrected chi connectivity index (χ2v) is 6.33. The molecule has 2 N–H and O–H groups in total. The molecule has 0 saturated carbocycles. The number of carbonyl (C=O) groups excluding carboxylic acids is 1. The number of halogens is 1. The summed E-state index contributed by atoms with van der Waals surface area (Å²) in [5.41, 5.74) is 0.539. The zero-order chi connectivity index (χ0) is 19.0. The predicted octanol–water partition coefficient (Wildman–Crippen LogP) is 2.58. The Kier molecular flexibility index (Phi) is 8.21. The van der Waals surface area contributed by atoms with E-state index in [4.69, 9.17) is 14.6 Å².